The molecular formula is C20H20N2O3S2. The second kappa shape index (κ2) is 7.83. The predicted octanol–water partition coefficient (Wildman–Crippen LogP) is 4.23. The zero-order chi connectivity index (χ0) is 18.8. The number of fused-ring (bicyclic) bond motifs is 2. The maximum atomic E-state index is 12.4. The number of rotatable bonds is 4. The maximum Gasteiger partial charge on any atom is 0.339 e. The van der Waals surface area contributed by atoms with E-state index >= 15 is 0 Å². The van der Waals surface area contributed by atoms with E-state index in [4.69, 9.17) is 4.74 Å². The van der Waals surface area contributed by atoms with Gasteiger partial charge in [-0.1, -0.05) is 0 Å². The van der Waals surface area contributed by atoms with Gasteiger partial charge in [0.1, 0.15) is 11.1 Å². The van der Waals surface area contributed by atoms with Gasteiger partial charge in [0.2, 0.25) is 0 Å². The molecule has 2 aliphatic carbocycles. The van der Waals surface area contributed by atoms with Crippen molar-refractivity contribution in [3.8, 4) is 6.07 Å². The molecule has 0 aromatic carbocycles. The van der Waals surface area contributed by atoms with Crippen LogP contribution in [0.15, 0.2) is 5.38 Å². The fourth-order valence-corrected chi connectivity index (χ4v) is 6.18. The first-order valence-corrected chi connectivity index (χ1v) is 11.0. The van der Waals surface area contributed by atoms with E-state index in [0.717, 1.165) is 62.5 Å². The number of hydrogen-bond donors (Lipinski definition) is 1. The van der Waals surface area contributed by atoms with Crippen LogP contribution in [0.2, 0.25) is 0 Å². The molecule has 2 aliphatic rings. The number of esters is 1. The normalized spacial score (nSPS) is 15.4. The molecule has 4 rings (SSSR count). The summed E-state index contributed by atoms with van der Waals surface area (Å²) in [5, 5.41) is 14.6. The molecule has 0 unspecified atom stereocenters. The number of amides is 1. The van der Waals surface area contributed by atoms with Crippen molar-refractivity contribution in [2.75, 3.05) is 11.9 Å². The number of carbonyl (C=O) groups excluding carboxylic acids is 2. The van der Waals surface area contributed by atoms with E-state index in [9.17, 15) is 14.9 Å². The van der Waals surface area contributed by atoms with Crippen LogP contribution in [0.3, 0.4) is 0 Å². The Morgan fingerprint density at radius 3 is 2.56 bits per heavy atom. The van der Waals surface area contributed by atoms with Crippen LogP contribution in [0, 0.1) is 11.3 Å². The lowest BCUT2D eigenvalue weighted by Crippen LogP contribution is -2.21. The van der Waals surface area contributed by atoms with Gasteiger partial charge in [-0.25, -0.2) is 4.79 Å². The predicted molar refractivity (Wildman–Crippen MR) is 106 cm³/mol. The van der Waals surface area contributed by atoms with Crippen LogP contribution in [0.4, 0.5) is 5.00 Å². The maximum absolute atomic E-state index is 12.4. The van der Waals surface area contributed by atoms with E-state index < -0.39 is 11.9 Å². The monoisotopic (exact) mass is 400 g/mol. The number of nitriles is 1. The lowest BCUT2D eigenvalue weighted by atomic mass is 9.96. The number of thiophene rings is 2. The fraction of sp³-hybridized carbons (Fsp3) is 0.450. The largest absolute Gasteiger partial charge is 0.452 e. The molecule has 0 aliphatic heterocycles. The van der Waals surface area contributed by atoms with E-state index in [0.29, 0.717) is 16.1 Å². The number of carbonyl (C=O) groups is 2. The highest BCUT2D eigenvalue weighted by molar-refractivity contribution is 7.16. The van der Waals surface area contributed by atoms with Gasteiger partial charge in [0.15, 0.2) is 6.61 Å². The molecule has 0 saturated heterocycles. The molecule has 0 fully saturated rings. The third kappa shape index (κ3) is 3.64. The van der Waals surface area contributed by atoms with Crippen LogP contribution < -0.4 is 5.32 Å². The van der Waals surface area contributed by atoms with Crippen LogP contribution in [-0.4, -0.2) is 18.5 Å². The Labute approximate surface area is 166 Å². The quantitative estimate of drug-likeness (QED) is 0.779. The topological polar surface area (TPSA) is 79.2 Å². The summed E-state index contributed by atoms with van der Waals surface area (Å²) in [6.07, 6.45) is 8.23. The highest BCUT2D eigenvalue weighted by atomic mass is 32.1. The van der Waals surface area contributed by atoms with Crippen molar-refractivity contribution in [2.24, 2.45) is 0 Å². The molecule has 27 heavy (non-hydrogen) atoms. The summed E-state index contributed by atoms with van der Waals surface area (Å²) >= 11 is 3.07. The van der Waals surface area contributed by atoms with E-state index in [2.05, 4.69) is 11.4 Å². The molecule has 2 heterocycles. The Bertz CT molecular complexity index is 936. The van der Waals surface area contributed by atoms with Gasteiger partial charge < -0.3 is 10.1 Å². The zero-order valence-electron chi connectivity index (χ0n) is 14.9. The Morgan fingerprint density at radius 2 is 1.78 bits per heavy atom. The molecular weight excluding hydrogens is 380 g/mol. The fourth-order valence-electron chi connectivity index (χ4n) is 3.81. The highest BCUT2D eigenvalue weighted by Crippen LogP contribution is 2.37. The van der Waals surface area contributed by atoms with E-state index in [1.54, 1.807) is 11.3 Å². The van der Waals surface area contributed by atoms with Crippen molar-refractivity contribution in [3.05, 3.63) is 37.4 Å². The third-order valence-electron chi connectivity index (χ3n) is 5.15. The van der Waals surface area contributed by atoms with Crippen LogP contribution in [0.25, 0.3) is 0 Å². The number of nitrogens with one attached hydrogen (secondary N) is 1. The zero-order valence-corrected chi connectivity index (χ0v) is 16.6. The second-order valence-corrected chi connectivity index (χ2v) is 8.98. The SMILES string of the molecule is N#Cc1c(NC(=O)COC(=O)c2csc3c2CCCC3)sc2c1CCCC2. The summed E-state index contributed by atoms with van der Waals surface area (Å²) in [4.78, 5) is 27.1. The van der Waals surface area contributed by atoms with E-state index in [1.165, 1.54) is 21.1 Å². The smallest absolute Gasteiger partial charge is 0.339 e. The summed E-state index contributed by atoms with van der Waals surface area (Å²) in [5.74, 6) is -0.835. The van der Waals surface area contributed by atoms with Gasteiger partial charge in [-0.05, 0) is 62.5 Å². The molecule has 0 atom stereocenters. The van der Waals surface area contributed by atoms with Gasteiger partial charge in [-0.15, -0.1) is 22.7 Å². The molecule has 0 spiro atoms. The Morgan fingerprint density at radius 1 is 1.07 bits per heavy atom. The van der Waals surface area contributed by atoms with Crippen molar-refractivity contribution in [1.82, 2.24) is 0 Å². The van der Waals surface area contributed by atoms with Crippen molar-refractivity contribution < 1.29 is 14.3 Å². The van der Waals surface area contributed by atoms with Gasteiger partial charge in [0.25, 0.3) is 5.91 Å². The molecule has 2 aromatic rings. The standard InChI is InChI=1S/C20H20N2O3S2/c21-9-14-12-5-2-4-8-17(12)27-19(14)22-18(23)10-25-20(24)15-11-26-16-7-3-1-6-13(15)16/h11H,1-8,10H2,(H,22,23). The first kappa shape index (κ1) is 18.2. The first-order valence-electron chi connectivity index (χ1n) is 9.28. The van der Waals surface area contributed by atoms with Crippen molar-refractivity contribution >= 4 is 39.6 Å². The first-order chi connectivity index (χ1) is 13.2. The summed E-state index contributed by atoms with van der Waals surface area (Å²) in [6.45, 7) is -0.336. The average Bonchev–Trinajstić information content (AvgIpc) is 3.27. The van der Waals surface area contributed by atoms with Crippen molar-refractivity contribution in [2.45, 2.75) is 51.4 Å². The average molecular weight is 401 g/mol. The summed E-state index contributed by atoms with van der Waals surface area (Å²) in [5.41, 5.74) is 3.34. The molecule has 140 valence electrons. The molecule has 1 amide bonds. The minimum atomic E-state index is -0.435. The minimum absolute atomic E-state index is 0.336. The Hall–Kier alpha value is -2.17. The Kier molecular flexibility index (Phi) is 5.28. The van der Waals surface area contributed by atoms with Crippen molar-refractivity contribution in [3.63, 3.8) is 0 Å². The van der Waals surface area contributed by atoms with Crippen molar-refractivity contribution in [1.29, 1.82) is 5.26 Å². The lowest BCUT2D eigenvalue weighted by molar-refractivity contribution is -0.119. The molecule has 0 bridgehead atoms. The minimum Gasteiger partial charge on any atom is -0.452 e. The van der Waals surface area contributed by atoms with E-state index in [1.807, 2.05) is 5.38 Å². The number of anilines is 1. The lowest BCUT2D eigenvalue weighted by Gasteiger charge is -2.12. The van der Waals surface area contributed by atoms with Crippen LogP contribution in [-0.2, 0) is 35.2 Å². The molecule has 7 heteroatoms. The van der Waals surface area contributed by atoms with Gasteiger partial charge in [-0.2, -0.15) is 5.26 Å². The number of nitrogens with zero attached hydrogens (tertiary/aromatic N) is 1. The second-order valence-electron chi connectivity index (χ2n) is 6.91. The van der Waals surface area contributed by atoms with Crippen LogP contribution in [0.1, 0.15) is 62.5 Å². The highest BCUT2D eigenvalue weighted by Gasteiger charge is 2.24. The summed E-state index contributed by atoms with van der Waals surface area (Å²) in [6, 6.07) is 2.22. The molecule has 5 nitrogen and oxygen atoms in total. The van der Waals surface area contributed by atoms with Gasteiger partial charge in [-0.3, -0.25) is 4.79 Å². The number of aryl methyl sites for hydroxylation is 2. The molecule has 1 N–H and O–H groups in total. The van der Waals surface area contributed by atoms with Gasteiger partial charge in [0.05, 0.1) is 11.1 Å². The van der Waals surface area contributed by atoms with Crippen LogP contribution >= 0.6 is 22.7 Å². The Balaban J connectivity index is 1.39. The molecule has 2 aromatic heterocycles. The number of ether oxygens (including phenoxy) is 1. The summed E-state index contributed by atoms with van der Waals surface area (Å²) in [7, 11) is 0. The summed E-state index contributed by atoms with van der Waals surface area (Å²) < 4.78 is 5.24. The molecule has 0 saturated carbocycles. The molecule has 0 radical (unpaired) electrons. The van der Waals surface area contributed by atoms with Crippen LogP contribution in [0.5, 0.6) is 0 Å². The number of hydrogen-bond acceptors (Lipinski definition) is 6. The van der Waals surface area contributed by atoms with E-state index in [-0.39, 0.29) is 6.61 Å². The van der Waals surface area contributed by atoms with Gasteiger partial charge in [0, 0.05) is 15.1 Å². The third-order valence-corrected chi connectivity index (χ3v) is 7.45. The van der Waals surface area contributed by atoms with Gasteiger partial charge >= 0.3 is 5.97 Å².